The summed E-state index contributed by atoms with van der Waals surface area (Å²) >= 11 is 11.9. The summed E-state index contributed by atoms with van der Waals surface area (Å²) in [6.45, 7) is -0.666. The quantitative estimate of drug-likeness (QED) is 0.431. The molecule has 0 spiro atoms. The minimum absolute atomic E-state index is 0.156. The lowest BCUT2D eigenvalue weighted by Gasteiger charge is -2.22. The second kappa shape index (κ2) is 10.9. The number of hydrazone groups is 1. The fraction of sp³-hybridized carbons (Fsp3) is 0.160. The fourth-order valence-corrected chi connectivity index (χ4v) is 5.20. The van der Waals surface area contributed by atoms with E-state index in [1.807, 2.05) is 42.5 Å². The lowest BCUT2D eigenvalue weighted by molar-refractivity contribution is -0.136. The van der Waals surface area contributed by atoms with Gasteiger partial charge >= 0.3 is 5.97 Å². The third-order valence-electron chi connectivity index (χ3n) is 5.65. The van der Waals surface area contributed by atoms with Crippen LogP contribution in [-0.4, -0.2) is 44.7 Å². The summed E-state index contributed by atoms with van der Waals surface area (Å²) in [5, 5.41) is 10.5. The molecular weight excluding hydrogens is 541 g/mol. The topological polar surface area (TPSA) is 128 Å². The molecule has 9 nitrogen and oxygen atoms in total. The Kier molecular flexibility index (Phi) is 7.84. The maximum absolute atomic E-state index is 13.2. The summed E-state index contributed by atoms with van der Waals surface area (Å²) in [4.78, 5) is 25.4. The molecule has 0 aliphatic carbocycles. The number of sulfonamides is 1. The fourth-order valence-electron chi connectivity index (χ4n) is 3.81. The standard InChI is InChI=1S/C25H21Cl2N3O6S/c1-35-17-9-7-16(8-10-17)22-13-21(15-5-3-2-4-6-15)29-30(22)24(31)14-36-25(32)18-11-23(37(28,33)34)20(27)12-19(18)26/h2-12,22H,13-14H2,1H3,(H2,28,33,34). The number of benzene rings is 3. The van der Waals surface area contributed by atoms with Gasteiger partial charge in [0.05, 0.1) is 34.5 Å². The summed E-state index contributed by atoms with van der Waals surface area (Å²) in [5.74, 6) is -0.944. The largest absolute Gasteiger partial charge is 0.497 e. The van der Waals surface area contributed by atoms with Gasteiger partial charge in [-0.3, -0.25) is 4.79 Å². The van der Waals surface area contributed by atoms with E-state index in [1.165, 1.54) is 5.01 Å². The first-order valence-electron chi connectivity index (χ1n) is 10.9. The molecule has 37 heavy (non-hydrogen) atoms. The van der Waals surface area contributed by atoms with Crippen molar-refractivity contribution >= 4 is 50.8 Å². The van der Waals surface area contributed by atoms with Gasteiger partial charge in [-0.1, -0.05) is 65.7 Å². The molecule has 192 valence electrons. The minimum Gasteiger partial charge on any atom is -0.497 e. The van der Waals surface area contributed by atoms with Crippen LogP contribution in [0.5, 0.6) is 5.75 Å². The number of halogens is 2. The number of methoxy groups -OCH3 is 1. The zero-order chi connectivity index (χ0) is 26.7. The van der Waals surface area contributed by atoms with Crippen LogP contribution in [0.4, 0.5) is 0 Å². The van der Waals surface area contributed by atoms with Gasteiger partial charge < -0.3 is 9.47 Å². The molecule has 0 fully saturated rings. The van der Waals surface area contributed by atoms with Crippen LogP contribution in [0.3, 0.4) is 0 Å². The van der Waals surface area contributed by atoms with Crippen LogP contribution in [0, 0.1) is 0 Å². The van der Waals surface area contributed by atoms with Crippen LogP contribution < -0.4 is 9.88 Å². The first kappa shape index (κ1) is 26.6. The van der Waals surface area contributed by atoms with Crippen LogP contribution in [0.2, 0.25) is 10.0 Å². The number of hydrogen-bond donors (Lipinski definition) is 1. The molecule has 1 heterocycles. The zero-order valence-electron chi connectivity index (χ0n) is 19.4. The lowest BCUT2D eigenvalue weighted by atomic mass is 9.98. The molecule has 0 saturated carbocycles. The van der Waals surface area contributed by atoms with Gasteiger partial charge in [0.2, 0.25) is 10.0 Å². The van der Waals surface area contributed by atoms with E-state index < -0.39 is 39.4 Å². The van der Waals surface area contributed by atoms with E-state index in [0.29, 0.717) is 17.9 Å². The third-order valence-corrected chi connectivity index (χ3v) is 7.34. The van der Waals surface area contributed by atoms with Gasteiger partial charge in [-0.2, -0.15) is 5.10 Å². The molecular formula is C25H21Cl2N3O6S. The van der Waals surface area contributed by atoms with Gasteiger partial charge in [-0.25, -0.2) is 23.4 Å². The summed E-state index contributed by atoms with van der Waals surface area (Å²) in [7, 11) is -2.67. The Morgan fingerprint density at radius 2 is 1.73 bits per heavy atom. The number of esters is 1. The molecule has 1 atom stereocenters. The molecule has 1 aliphatic rings. The average molecular weight is 562 g/mol. The SMILES string of the molecule is COc1ccc(C2CC(c3ccccc3)=NN2C(=O)COC(=O)c2cc(S(N)(=O)=O)c(Cl)cc2Cl)cc1. The molecule has 3 aromatic carbocycles. The van der Waals surface area contributed by atoms with E-state index in [1.54, 1.807) is 19.2 Å². The minimum atomic E-state index is -4.23. The van der Waals surface area contributed by atoms with Crippen molar-refractivity contribution in [2.45, 2.75) is 17.4 Å². The Hall–Kier alpha value is -3.44. The monoisotopic (exact) mass is 561 g/mol. The van der Waals surface area contributed by atoms with E-state index in [0.717, 1.165) is 23.3 Å². The third kappa shape index (κ3) is 5.94. The van der Waals surface area contributed by atoms with Crippen molar-refractivity contribution in [3.63, 3.8) is 0 Å². The summed E-state index contributed by atoms with van der Waals surface area (Å²) in [6, 6.07) is 18.2. The normalized spacial score (nSPS) is 15.3. The van der Waals surface area contributed by atoms with Crippen molar-refractivity contribution < 1.29 is 27.5 Å². The predicted octanol–water partition coefficient (Wildman–Crippen LogP) is 4.18. The maximum atomic E-state index is 13.2. The number of ether oxygens (including phenoxy) is 2. The highest BCUT2D eigenvalue weighted by Gasteiger charge is 2.34. The van der Waals surface area contributed by atoms with Crippen molar-refractivity contribution in [3.05, 3.63) is 93.5 Å². The highest BCUT2D eigenvalue weighted by atomic mass is 35.5. The Bertz CT molecular complexity index is 1480. The lowest BCUT2D eigenvalue weighted by Crippen LogP contribution is -2.31. The molecule has 12 heteroatoms. The van der Waals surface area contributed by atoms with Gasteiger partial charge in [0, 0.05) is 6.42 Å². The van der Waals surface area contributed by atoms with Crippen LogP contribution >= 0.6 is 23.2 Å². The number of carbonyl (C=O) groups is 2. The number of nitrogens with two attached hydrogens (primary N) is 1. The molecule has 1 unspecified atom stereocenters. The smallest absolute Gasteiger partial charge is 0.340 e. The summed E-state index contributed by atoms with van der Waals surface area (Å²) < 4.78 is 33.9. The number of primary sulfonamides is 1. The molecule has 1 amide bonds. The molecule has 1 aliphatic heterocycles. The maximum Gasteiger partial charge on any atom is 0.340 e. The first-order chi connectivity index (χ1) is 17.6. The summed E-state index contributed by atoms with van der Waals surface area (Å²) in [5.41, 5.74) is 2.06. The van der Waals surface area contributed by atoms with Crippen molar-refractivity contribution in [2.24, 2.45) is 10.2 Å². The van der Waals surface area contributed by atoms with E-state index >= 15 is 0 Å². The van der Waals surface area contributed by atoms with Crippen molar-refractivity contribution in [3.8, 4) is 5.75 Å². The molecule has 4 rings (SSSR count). The Balaban J connectivity index is 1.57. The van der Waals surface area contributed by atoms with Gasteiger partial charge in [0.15, 0.2) is 6.61 Å². The predicted molar refractivity (Wildman–Crippen MR) is 138 cm³/mol. The van der Waals surface area contributed by atoms with E-state index in [-0.39, 0.29) is 15.6 Å². The molecule has 3 aromatic rings. The number of hydrogen-bond acceptors (Lipinski definition) is 7. The highest BCUT2D eigenvalue weighted by molar-refractivity contribution is 7.89. The Labute approximate surface area is 223 Å². The average Bonchev–Trinajstić information content (AvgIpc) is 3.32. The van der Waals surface area contributed by atoms with Crippen molar-refractivity contribution in [1.29, 1.82) is 0 Å². The molecule has 0 radical (unpaired) electrons. The van der Waals surface area contributed by atoms with Gasteiger partial charge in [0.1, 0.15) is 10.6 Å². The first-order valence-corrected chi connectivity index (χ1v) is 13.2. The number of carbonyl (C=O) groups excluding carboxylic acids is 2. The second-order valence-corrected chi connectivity index (χ2v) is 10.4. The van der Waals surface area contributed by atoms with E-state index in [2.05, 4.69) is 5.10 Å². The van der Waals surface area contributed by atoms with Crippen LogP contribution in [0.1, 0.15) is 33.9 Å². The molecule has 0 bridgehead atoms. The van der Waals surface area contributed by atoms with Crippen LogP contribution in [0.15, 0.2) is 76.7 Å². The van der Waals surface area contributed by atoms with Crippen LogP contribution in [0.25, 0.3) is 0 Å². The highest BCUT2D eigenvalue weighted by Crippen LogP contribution is 2.34. The van der Waals surface area contributed by atoms with Crippen molar-refractivity contribution in [1.82, 2.24) is 5.01 Å². The number of rotatable bonds is 7. The molecule has 0 aromatic heterocycles. The van der Waals surface area contributed by atoms with E-state index in [4.69, 9.17) is 37.8 Å². The van der Waals surface area contributed by atoms with Gasteiger partial charge in [-0.05, 0) is 35.4 Å². The summed E-state index contributed by atoms with van der Waals surface area (Å²) in [6.07, 6.45) is 0.441. The zero-order valence-corrected chi connectivity index (χ0v) is 21.8. The van der Waals surface area contributed by atoms with E-state index in [9.17, 15) is 18.0 Å². The number of nitrogens with zero attached hydrogens (tertiary/aromatic N) is 2. The second-order valence-electron chi connectivity index (χ2n) is 8.03. The van der Waals surface area contributed by atoms with Crippen LogP contribution in [-0.2, 0) is 19.6 Å². The Morgan fingerprint density at radius 3 is 2.35 bits per heavy atom. The number of amides is 1. The Morgan fingerprint density at radius 1 is 1.05 bits per heavy atom. The molecule has 2 N–H and O–H groups in total. The van der Waals surface area contributed by atoms with Gasteiger partial charge in [0.25, 0.3) is 5.91 Å². The van der Waals surface area contributed by atoms with Gasteiger partial charge in [-0.15, -0.1) is 0 Å². The molecule has 0 saturated heterocycles. The van der Waals surface area contributed by atoms with Crippen molar-refractivity contribution in [2.75, 3.05) is 13.7 Å².